The fourth-order valence-corrected chi connectivity index (χ4v) is 2.76. The molecule has 1 unspecified atom stereocenters. The fourth-order valence-electron chi connectivity index (χ4n) is 2.76. The highest BCUT2D eigenvalue weighted by Crippen LogP contribution is 2.30. The Morgan fingerprint density at radius 2 is 2.00 bits per heavy atom. The molecule has 1 atom stereocenters. The Labute approximate surface area is 121 Å². The van der Waals surface area contributed by atoms with Crippen molar-refractivity contribution in [2.75, 3.05) is 5.32 Å². The van der Waals surface area contributed by atoms with Gasteiger partial charge in [0.05, 0.1) is 12.5 Å². The number of para-hydroxylation sites is 1. The zero-order chi connectivity index (χ0) is 14.4. The van der Waals surface area contributed by atoms with Gasteiger partial charge >= 0.3 is 0 Å². The van der Waals surface area contributed by atoms with Crippen LogP contribution in [0.15, 0.2) is 52.9 Å². The van der Waals surface area contributed by atoms with Crippen LogP contribution in [0.1, 0.15) is 22.9 Å². The summed E-state index contributed by atoms with van der Waals surface area (Å²) in [5, 5.41) is 3.86. The van der Waals surface area contributed by atoms with Gasteiger partial charge in [-0.15, -0.1) is 0 Å². The summed E-state index contributed by atoms with van der Waals surface area (Å²) in [6, 6.07) is 15.3. The largest absolute Gasteiger partial charge is 0.459 e. The predicted octanol–water partition coefficient (Wildman–Crippen LogP) is 2.98. The van der Waals surface area contributed by atoms with Crippen molar-refractivity contribution >= 4 is 22.6 Å². The first-order valence-corrected chi connectivity index (χ1v) is 6.87. The standard InChI is InChI=1S/C17H14N2O2/c18-17(15-8-10-3-1-2-4-14(10)21-15)11-5-6-13-12(7-11)9-16(20)19-13/h1-8,17H,9,18H2,(H,19,20). The number of benzene rings is 2. The van der Waals surface area contributed by atoms with Gasteiger partial charge in [-0.1, -0.05) is 30.3 Å². The molecule has 0 bridgehead atoms. The highest BCUT2D eigenvalue weighted by atomic mass is 16.3. The Morgan fingerprint density at radius 1 is 1.14 bits per heavy atom. The van der Waals surface area contributed by atoms with Crippen molar-refractivity contribution in [3.63, 3.8) is 0 Å². The second kappa shape index (κ2) is 4.46. The van der Waals surface area contributed by atoms with Crippen molar-refractivity contribution in [1.29, 1.82) is 0 Å². The van der Waals surface area contributed by atoms with E-state index in [1.165, 1.54) is 0 Å². The lowest BCUT2D eigenvalue weighted by atomic mass is 10.0. The average Bonchev–Trinajstić information content (AvgIpc) is 3.07. The van der Waals surface area contributed by atoms with Crippen molar-refractivity contribution < 1.29 is 9.21 Å². The monoisotopic (exact) mass is 278 g/mol. The molecule has 4 rings (SSSR count). The third kappa shape index (κ3) is 2.00. The predicted molar refractivity (Wildman–Crippen MR) is 81.0 cm³/mol. The molecular formula is C17H14N2O2. The molecule has 0 aliphatic carbocycles. The number of hydrogen-bond donors (Lipinski definition) is 2. The third-order valence-corrected chi connectivity index (χ3v) is 3.86. The van der Waals surface area contributed by atoms with Crippen LogP contribution in [0.2, 0.25) is 0 Å². The van der Waals surface area contributed by atoms with E-state index in [4.69, 9.17) is 10.2 Å². The summed E-state index contributed by atoms with van der Waals surface area (Å²) in [6.07, 6.45) is 0.413. The minimum atomic E-state index is -0.335. The number of carbonyl (C=O) groups excluding carboxylic acids is 1. The molecule has 1 amide bonds. The maximum absolute atomic E-state index is 11.4. The molecule has 0 saturated heterocycles. The van der Waals surface area contributed by atoms with Gasteiger partial charge in [-0.05, 0) is 29.3 Å². The zero-order valence-corrected chi connectivity index (χ0v) is 11.3. The highest BCUT2D eigenvalue weighted by Gasteiger charge is 2.20. The maximum Gasteiger partial charge on any atom is 0.228 e. The van der Waals surface area contributed by atoms with Gasteiger partial charge in [-0.2, -0.15) is 0 Å². The molecule has 2 heterocycles. The van der Waals surface area contributed by atoms with Gasteiger partial charge in [0.25, 0.3) is 0 Å². The van der Waals surface area contributed by atoms with Crippen LogP contribution in [0.4, 0.5) is 5.69 Å². The number of amides is 1. The van der Waals surface area contributed by atoms with E-state index in [1.807, 2.05) is 48.5 Å². The lowest BCUT2D eigenvalue weighted by molar-refractivity contribution is -0.115. The van der Waals surface area contributed by atoms with E-state index in [2.05, 4.69) is 5.32 Å². The first-order valence-electron chi connectivity index (χ1n) is 6.87. The molecule has 0 fully saturated rings. The normalized spacial score (nSPS) is 15.0. The molecule has 104 valence electrons. The molecule has 1 aromatic heterocycles. The Kier molecular flexibility index (Phi) is 2.59. The smallest absolute Gasteiger partial charge is 0.228 e. The lowest BCUT2D eigenvalue weighted by Crippen LogP contribution is -2.11. The number of fused-ring (bicyclic) bond motifs is 2. The summed E-state index contributed by atoms with van der Waals surface area (Å²) in [5.41, 5.74) is 9.96. The van der Waals surface area contributed by atoms with Crippen LogP contribution >= 0.6 is 0 Å². The second-order valence-corrected chi connectivity index (χ2v) is 5.31. The van der Waals surface area contributed by atoms with Crippen LogP contribution in [-0.2, 0) is 11.2 Å². The van der Waals surface area contributed by atoms with Crippen LogP contribution in [0.3, 0.4) is 0 Å². The molecule has 4 heteroatoms. The van der Waals surface area contributed by atoms with E-state index in [0.29, 0.717) is 6.42 Å². The number of nitrogens with one attached hydrogen (secondary N) is 1. The van der Waals surface area contributed by atoms with E-state index in [-0.39, 0.29) is 11.9 Å². The summed E-state index contributed by atoms with van der Waals surface area (Å²) in [5.74, 6) is 0.757. The summed E-state index contributed by atoms with van der Waals surface area (Å²) in [7, 11) is 0. The number of anilines is 1. The number of furan rings is 1. The van der Waals surface area contributed by atoms with E-state index < -0.39 is 0 Å². The number of nitrogens with two attached hydrogens (primary N) is 1. The molecule has 2 aromatic carbocycles. The molecule has 0 spiro atoms. The van der Waals surface area contributed by atoms with Crippen LogP contribution in [-0.4, -0.2) is 5.91 Å². The van der Waals surface area contributed by atoms with Crippen molar-refractivity contribution in [2.45, 2.75) is 12.5 Å². The van der Waals surface area contributed by atoms with Gasteiger partial charge in [0.15, 0.2) is 0 Å². The maximum atomic E-state index is 11.4. The van der Waals surface area contributed by atoms with Crippen molar-refractivity contribution in [1.82, 2.24) is 0 Å². The van der Waals surface area contributed by atoms with Crippen LogP contribution < -0.4 is 11.1 Å². The second-order valence-electron chi connectivity index (χ2n) is 5.31. The SMILES string of the molecule is NC(c1ccc2c(c1)CC(=O)N2)c1cc2ccccc2o1. The van der Waals surface area contributed by atoms with Gasteiger partial charge in [-0.3, -0.25) is 4.79 Å². The molecule has 21 heavy (non-hydrogen) atoms. The van der Waals surface area contributed by atoms with Gasteiger partial charge in [-0.25, -0.2) is 0 Å². The summed E-state index contributed by atoms with van der Waals surface area (Å²) < 4.78 is 5.82. The Bertz CT molecular complexity index is 818. The summed E-state index contributed by atoms with van der Waals surface area (Å²) in [4.78, 5) is 11.4. The number of carbonyl (C=O) groups is 1. The topological polar surface area (TPSA) is 68.3 Å². The first kappa shape index (κ1) is 12.2. The van der Waals surface area contributed by atoms with Crippen molar-refractivity contribution in [2.24, 2.45) is 5.73 Å². The fraction of sp³-hybridized carbons (Fsp3) is 0.118. The van der Waals surface area contributed by atoms with Crippen LogP contribution in [0.25, 0.3) is 11.0 Å². The summed E-state index contributed by atoms with van der Waals surface area (Å²) >= 11 is 0. The molecule has 3 N–H and O–H groups in total. The minimum absolute atomic E-state index is 0.0273. The first-order chi connectivity index (χ1) is 10.2. The number of rotatable bonds is 2. The van der Waals surface area contributed by atoms with Gasteiger partial charge in [0.2, 0.25) is 5.91 Å². The molecule has 3 aromatic rings. The number of hydrogen-bond acceptors (Lipinski definition) is 3. The molecular weight excluding hydrogens is 264 g/mol. The Hall–Kier alpha value is -2.59. The molecule has 4 nitrogen and oxygen atoms in total. The van der Waals surface area contributed by atoms with E-state index in [1.54, 1.807) is 0 Å². The highest BCUT2D eigenvalue weighted by molar-refractivity contribution is 5.99. The molecule has 1 aliphatic rings. The summed E-state index contributed by atoms with van der Waals surface area (Å²) in [6.45, 7) is 0. The van der Waals surface area contributed by atoms with Gasteiger partial charge in [0, 0.05) is 11.1 Å². The third-order valence-electron chi connectivity index (χ3n) is 3.86. The zero-order valence-electron chi connectivity index (χ0n) is 11.3. The van der Waals surface area contributed by atoms with Crippen molar-refractivity contribution in [3.8, 4) is 0 Å². The van der Waals surface area contributed by atoms with Gasteiger partial charge < -0.3 is 15.5 Å². The minimum Gasteiger partial charge on any atom is -0.459 e. The van der Waals surface area contributed by atoms with Crippen LogP contribution in [0, 0.1) is 0 Å². The van der Waals surface area contributed by atoms with Gasteiger partial charge in [0.1, 0.15) is 11.3 Å². The average molecular weight is 278 g/mol. The molecule has 1 aliphatic heterocycles. The van der Waals surface area contributed by atoms with Crippen molar-refractivity contribution in [3.05, 3.63) is 65.4 Å². The molecule has 0 saturated carbocycles. The van der Waals surface area contributed by atoms with E-state index in [9.17, 15) is 4.79 Å². The lowest BCUT2D eigenvalue weighted by Gasteiger charge is -2.10. The van der Waals surface area contributed by atoms with E-state index >= 15 is 0 Å². The van der Waals surface area contributed by atoms with E-state index in [0.717, 1.165) is 33.5 Å². The van der Waals surface area contributed by atoms with Crippen LogP contribution in [0.5, 0.6) is 0 Å². The Morgan fingerprint density at radius 3 is 2.86 bits per heavy atom. The molecule has 0 radical (unpaired) electrons. The quantitative estimate of drug-likeness (QED) is 0.757. The Balaban J connectivity index is 1.73.